The normalized spacial score (nSPS) is 34.6. The second-order valence-corrected chi connectivity index (χ2v) is 8.04. The Balaban J connectivity index is 0.00000225. The number of halogens is 1. The molecule has 2 heterocycles. The molecule has 0 aromatic heterocycles. The lowest BCUT2D eigenvalue weighted by Gasteiger charge is -2.60. The predicted molar refractivity (Wildman–Crippen MR) is 112 cm³/mol. The van der Waals surface area contributed by atoms with Crippen LogP contribution in [-0.2, 0) is 9.47 Å². The summed E-state index contributed by atoms with van der Waals surface area (Å²) in [6.07, 6.45) is 4.00. The molecule has 0 bridgehead atoms. The molecule has 0 amide bonds. The van der Waals surface area contributed by atoms with E-state index in [1.807, 2.05) is 7.05 Å². The quantitative estimate of drug-likeness (QED) is 0.367. The molecule has 1 aliphatic carbocycles. The van der Waals surface area contributed by atoms with Crippen molar-refractivity contribution >= 4 is 29.9 Å². The van der Waals surface area contributed by atoms with E-state index in [0.717, 1.165) is 45.2 Å². The molecule has 2 aliphatic heterocycles. The number of fused-ring (bicyclic) bond motifs is 1. The number of rotatable bonds is 5. The Labute approximate surface area is 169 Å². The van der Waals surface area contributed by atoms with Gasteiger partial charge in [0.25, 0.3) is 0 Å². The lowest BCUT2D eigenvalue weighted by atomic mass is 9.55. The fraction of sp³-hybridized carbons (Fsp3) is 0.944. The standard InChI is InChI=1S/C18H34N4O2.HI/c1-18(2)15(14-6-5-10-24-16(14)18)21-17(19-3)20-13-7-8-22(12-13)9-11-23-4;/h13-16H,5-12H2,1-4H3,(H2,19,20,21);1H. The zero-order valence-corrected chi connectivity index (χ0v) is 18.4. The van der Waals surface area contributed by atoms with Gasteiger partial charge < -0.3 is 20.1 Å². The number of aliphatic imine (C=N–C) groups is 1. The summed E-state index contributed by atoms with van der Waals surface area (Å²) in [6, 6.07) is 0.912. The fourth-order valence-electron chi connectivity index (χ4n) is 4.70. The number of nitrogens with zero attached hydrogens (tertiary/aromatic N) is 2. The molecule has 3 aliphatic rings. The van der Waals surface area contributed by atoms with Crippen LogP contribution in [0, 0.1) is 11.3 Å². The summed E-state index contributed by atoms with van der Waals surface area (Å²) in [5.74, 6) is 1.56. The first kappa shape index (κ1) is 21.2. The minimum atomic E-state index is 0. The van der Waals surface area contributed by atoms with E-state index in [1.54, 1.807) is 7.11 Å². The molecule has 1 saturated carbocycles. The van der Waals surface area contributed by atoms with Gasteiger partial charge in [-0.3, -0.25) is 9.89 Å². The topological polar surface area (TPSA) is 58.1 Å². The van der Waals surface area contributed by atoms with Crippen molar-refractivity contribution in [3.8, 4) is 0 Å². The lowest BCUT2D eigenvalue weighted by Crippen LogP contribution is -2.71. The van der Waals surface area contributed by atoms with Gasteiger partial charge in [0.15, 0.2) is 5.96 Å². The van der Waals surface area contributed by atoms with E-state index < -0.39 is 0 Å². The Morgan fingerprint density at radius 2 is 2.12 bits per heavy atom. The molecule has 0 spiro atoms. The molecule has 0 aromatic carbocycles. The number of nitrogens with one attached hydrogen (secondary N) is 2. The molecular formula is C18H35IN4O2. The van der Waals surface area contributed by atoms with Crippen LogP contribution in [0.25, 0.3) is 0 Å². The average molecular weight is 466 g/mol. The molecule has 0 aromatic rings. The van der Waals surface area contributed by atoms with E-state index in [1.165, 1.54) is 12.8 Å². The summed E-state index contributed by atoms with van der Waals surface area (Å²) in [7, 11) is 3.63. The van der Waals surface area contributed by atoms with Crippen LogP contribution in [-0.4, -0.2) is 76.1 Å². The van der Waals surface area contributed by atoms with Crippen LogP contribution in [0.2, 0.25) is 0 Å². The third kappa shape index (κ3) is 4.59. The highest BCUT2D eigenvalue weighted by atomic mass is 127. The number of ether oxygens (including phenoxy) is 2. The summed E-state index contributed by atoms with van der Waals surface area (Å²) in [6.45, 7) is 9.55. The van der Waals surface area contributed by atoms with Crippen LogP contribution in [0.1, 0.15) is 33.1 Å². The van der Waals surface area contributed by atoms with Gasteiger partial charge in [-0.25, -0.2) is 0 Å². The summed E-state index contributed by atoms with van der Waals surface area (Å²) < 4.78 is 11.2. The van der Waals surface area contributed by atoms with Crippen molar-refractivity contribution in [3.05, 3.63) is 0 Å². The van der Waals surface area contributed by atoms with Crippen molar-refractivity contribution in [1.82, 2.24) is 15.5 Å². The summed E-state index contributed by atoms with van der Waals surface area (Å²) in [5, 5.41) is 7.31. The van der Waals surface area contributed by atoms with Gasteiger partial charge in [-0.15, -0.1) is 24.0 Å². The molecule has 4 atom stereocenters. The first-order chi connectivity index (χ1) is 11.6. The largest absolute Gasteiger partial charge is 0.383 e. The number of methoxy groups -OCH3 is 1. The third-order valence-electron chi connectivity index (χ3n) is 6.07. The molecule has 6 nitrogen and oxygen atoms in total. The van der Waals surface area contributed by atoms with E-state index in [4.69, 9.17) is 9.47 Å². The van der Waals surface area contributed by atoms with Crippen LogP contribution >= 0.6 is 24.0 Å². The highest BCUT2D eigenvalue weighted by molar-refractivity contribution is 14.0. The Hall–Kier alpha value is -0.120. The van der Waals surface area contributed by atoms with Gasteiger partial charge in [0.05, 0.1) is 12.7 Å². The minimum absolute atomic E-state index is 0. The van der Waals surface area contributed by atoms with Crippen LogP contribution in [0.4, 0.5) is 0 Å². The summed E-state index contributed by atoms with van der Waals surface area (Å²) in [5.41, 5.74) is 0.170. The average Bonchev–Trinajstić information content (AvgIpc) is 3.04. The molecule has 0 radical (unpaired) electrons. The fourth-order valence-corrected chi connectivity index (χ4v) is 4.70. The molecule has 3 fully saturated rings. The van der Waals surface area contributed by atoms with E-state index in [9.17, 15) is 0 Å². The van der Waals surface area contributed by atoms with E-state index in [-0.39, 0.29) is 29.4 Å². The second-order valence-electron chi connectivity index (χ2n) is 8.04. The maximum atomic E-state index is 6.00. The van der Waals surface area contributed by atoms with Gasteiger partial charge >= 0.3 is 0 Å². The van der Waals surface area contributed by atoms with Gasteiger partial charge in [-0.2, -0.15) is 0 Å². The van der Waals surface area contributed by atoms with E-state index in [0.29, 0.717) is 24.1 Å². The molecule has 2 N–H and O–H groups in total. The van der Waals surface area contributed by atoms with Crippen molar-refractivity contribution in [2.45, 2.75) is 51.3 Å². The van der Waals surface area contributed by atoms with Gasteiger partial charge in [-0.1, -0.05) is 13.8 Å². The van der Waals surface area contributed by atoms with E-state index in [2.05, 4.69) is 34.4 Å². The number of guanidine groups is 1. The van der Waals surface area contributed by atoms with Crippen LogP contribution in [0.3, 0.4) is 0 Å². The van der Waals surface area contributed by atoms with Crippen molar-refractivity contribution < 1.29 is 9.47 Å². The Morgan fingerprint density at radius 1 is 1.32 bits per heavy atom. The van der Waals surface area contributed by atoms with Crippen molar-refractivity contribution in [1.29, 1.82) is 0 Å². The van der Waals surface area contributed by atoms with Gasteiger partial charge in [0.2, 0.25) is 0 Å². The van der Waals surface area contributed by atoms with Crippen LogP contribution in [0.5, 0.6) is 0 Å². The Kier molecular flexibility index (Phi) is 7.79. The zero-order valence-electron chi connectivity index (χ0n) is 16.1. The maximum absolute atomic E-state index is 6.00. The Bertz CT molecular complexity index is 460. The molecular weight excluding hydrogens is 431 g/mol. The second kappa shape index (κ2) is 9.19. The van der Waals surface area contributed by atoms with Crippen molar-refractivity contribution in [2.24, 2.45) is 16.3 Å². The van der Waals surface area contributed by atoms with Crippen LogP contribution < -0.4 is 10.6 Å². The highest BCUT2D eigenvalue weighted by Crippen LogP contribution is 2.51. The first-order valence-electron chi connectivity index (χ1n) is 9.39. The SMILES string of the molecule is CN=C(NC1CCN(CCOC)C1)NC1C2CCCOC2C1(C)C.I. The summed E-state index contributed by atoms with van der Waals surface area (Å²) >= 11 is 0. The monoisotopic (exact) mass is 466 g/mol. The van der Waals surface area contributed by atoms with Gasteiger partial charge in [0, 0.05) is 63.8 Å². The predicted octanol–water partition coefficient (Wildman–Crippen LogP) is 1.69. The highest BCUT2D eigenvalue weighted by Gasteiger charge is 2.58. The van der Waals surface area contributed by atoms with Crippen molar-refractivity contribution in [3.63, 3.8) is 0 Å². The smallest absolute Gasteiger partial charge is 0.191 e. The zero-order chi connectivity index (χ0) is 17.2. The summed E-state index contributed by atoms with van der Waals surface area (Å²) in [4.78, 5) is 6.93. The first-order valence-corrected chi connectivity index (χ1v) is 9.39. The number of hydrogen-bond donors (Lipinski definition) is 2. The molecule has 25 heavy (non-hydrogen) atoms. The van der Waals surface area contributed by atoms with Gasteiger partial charge in [0.1, 0.15) is 0 Å². The third-order valence-corrected chi connectivity index (χ3v) is 6.07. The lowest BCUT2D eigenvalue weighted by molar-refractivity contribution is -0.188. The molecule has 146 valence electrons. The number of hydrogen-bond acceptors (Lipinski definition) is 4. The molecule has 3 rings (SSSR count). The maximum Gasteiger partial charge on any atom is 0.191 e. The number of likely N-dealkylation sites (tertiary alicyclic amines) is 1. The van der Waals surface area contributed by atoms with Crippen LogP contribution in [0.15, 0.2) is 4.99 Å². The van der Waals surface area contributed by atoms with E-state index >= 15 is 0 Å². The molecule has 4 unspecified atom stereocenters. The molecule has 7 heteroatoms. The Morgan fingerprint density at radius 3 is 2.84 bits per heavy atom. The van der Waals surface area contributed by atoms with Gasteiger partial charge in [-0.05, 0) is 19.3 Å². The van der Waals surface area contributed by atoms with Crippen molar-refractivity contribution in [2.75, 3.05) is 47.0 Å². The molecule has 2 saturated heterocycles. The minimum Gasteiger partial charge on any atom is -0.383 e.